The second-order valence-corrected chi connectivity index (χ2v) is 9.92. The van der Waals surface area contributed by atoms with Crippen LogP contribution in [0.15, 0.2) is 54.1 Å². The molecule has 1 amide bonds. The minimum atomic E-state index is -0.887. The van der Waals surface area contributed by atoms with Crippen LogP contribution in [0.3, 0.4) is 0 Å². The summed E-state index contributed by atoms with van der Waals surface area (Å²) >= 11 is 1.23. The van der Waals surface area contributed by atoms with Crippen molar-refractivity contribution in [3.05, 3.63) is 81.6 Å². The number of nitrogens with zero attached hydrogens (tertiary/aromatic N) is 3. The Kier molecular flexibility index (Phi) is 5.88. The number of aliphatic hydroxyl groups is 1. The fourth-order valence-electron chi connectivity index (χ4n) is 3.76. The van der Waals surface area contributed by atoms with Crippen LogP contribution in [0.1, 0.15) is 55.4 Å². The van der Waals surface area contributed by atoms with Crippen LogP contribution in [-0.2, 0) is 21.4 Å². The summed E-state index contributed by atoms with van der Waals surface area (Å²) in [6.07, 6.45) is 0.641. The van der Waals surface area contributed by atoms with E-state index in [0.29, 0.717) is 12.0 Å². The number of Topliss-reactive ketones (excluding diaryl/α,β-unsaturated/α-hetero) is 1. The Bertz CT molecular complexity index is 1240. The van der Waals surface area contributed by atoms with Crippen LogP contribution in [0.25, 0.3) is 5.76 Å². The van der Waals surface area contributed by atoms with Crippen molar-refractivity contribution >= 4 is 33.9 Å². The number of carbonyl (C=O) groups excluding carboxylic acids is 2. The van der Waals surface area contributed by atoms with E-state index in [4.69, 9.17) is 0 Å². The van der Waals surface area contributed by atoms with E-state index in [1.807, 2.05) is 31.2 Å². The highest BCUT2D eigenvalue weighted by Crippen LogP contribution is 2.43. The summed E-state index contributed by atoms with van der Waals surface area (Å²) in [6, 6.07) is 11.8. The van der Waals surface area contributed by atoms with Crippen LogP contribution >= 0.6 is 11.3 Å². The summed E-state index contributed by atoms with van der Waals surface area (Å²) in [4.78, 5) is 27.5. The first kappa shape index (κ1) is 22.8. The molecule has 0 radical (unpaired) electrons. The quantitative estimate of drug-likeness (QED) is 0.327. The van der Waals surface area contributed by atoms with Gasteiger partial charge in [0.15, 0.2) is 0 Å². The van der Waals surface area contributed by atoms with Crippen LogP contribution in [0.5, 0.6) is 0 Å². The SMILES string of the molecule is CCc1nnc(N2C(=O)C(=O)/C(=C(/O)c3ccc(F)cc3)C2c2ccc(C(C)(C)C)cc2)s1. The van der Waals surface area contributed by atoms with Crippen molar-refractivity contribution in [1.29, 1.82) is 0 Å². The van der Waals surface area contributed by atoms with Crippen molar-refractivity contribution in [2.75, 3.05) is 4.90 Å². The molecule has 4 rings (SSSR count). The molecule has 2 heterocycles. The predicted octanol–water partition coefficient (Wildman–Crippen LogP) is 5.16. The lowest BCUT2D eigenvalue weighted by atomic mass is 9.85. The van der Waals surface area contributed by atoms with Crippen molar-refractivity contribution in [3.63, 3.8) is 0 Å². The fourth-order valence-corrected chi connectivity index (χ4v) is 4.56. The van der Waals surface area contributed by atoms with E-state index >= 15 is 0 Å². The van der Waals surface area contributed by atoms with Crippen LogP contribution in [0, 0.1) is 5.82 Å². The Labute approximate surface area is 195 Å². The van der Waals surface area contributed by atoms with E-state index in [1.54, 1.807) is 0 Å². The molecule has 1 N–H and O–H groups in total. The number of ketones is 1. The number of halogens is 1. The molecule has 8 heteroatoms. The highest BCUT2D eigenvalue weighted by Gasteiger charge is 2.48. The molecule has 170 valence electrons. The van der Waals surface area contributed by atoms with Crippen LogP contribution < -0.4 is 4.90 Å². The number of aromatic nitrogens is 2. The maximum atomic E-state index is 13.4. The van der Waals surface area contributed by atoms with Gasteiger partial charge >= 0.3 is 5.91 Å². The molecule has 1 atom stereocenters. The molecule has 1 fully saturated rings. The topological polar surface area (TPSA) is 83.4 Å². The van der Waals surface area contributed by atoms with Crippen molar-refractivity contribution < 1.29 is 19.1 Å². The molecule has 1 aliphatic rings. The minimum absolute atomic E-state index is 0.0663. The first-order valence-corrected chi connectivity index (χ1v) is 11.4. The summed E-state index contributed by atoms with van der Waals surface area (Å²) in [7, 11) is 0. The van der Waals surface area contributed by atoms with Gasteiger partial charge in [0.05, 0.1) is 11.6 Å². The number of benzene rings is 2. The van der Waals surface area contributed by atoms with E-state index in [2.05, 4.69) is 31.0 Å². The Morgan fingerprint density at radius 3 is 2.24 bits per heavy atom. The van der Waals surface area contributed by atoms with Crippen molar-refractivity contribution in [2.24, 2.45) is 0 Å². The van der Waals surface area contributed by atoms with Crippen molar-refractivity contribution in [3.8, 4) is 0 Å². The molecule has 1 aromatic heterocycles. The zero-order chi connectivity index (χ0) is 23.9. The van der Waals surface area contributed by atoms with Gasteiger partial charge in [0.1, 0.15) is 16.6 Å². The highest BCUT2D eigenvalue weighted by molar-refractivity contribution is 7.15. The fraction of sp³-hybridized carbons (Fsp3) is 0.280. The molecule has 0 aliphatic carbocycles. The predicted molar refractivity (Wildman–Crippen MR) is 126 cm³/mol. The van der Waals surface area contributed by atoms with E-state index in [0.717, 1.165) is 10.6 Å². The molecule has 1 aliphatic heterocycles. The summed E-state index contributed by atoms with van der Waals surface area (Å²) in [6.45, 7) is 8.21. The number of aryl methyl sites for hydroxylation is 1. The van der Waals surface area contributed by atoms with Gasteiger partial charge in [-0.2, -0.15) is 0 Å². The highest BCUT2D eigenvalue weighted by atomic mass is 32.1. The van der Waals surface area contributed by atoms with E-state index in [-0.39, 0.29) is 27.4 Å². The molecule has 0 saturated carbocycles. The van der Waals surface area contributed by atoms with Crippen molar-refractivity contribution in [1.82, 2.24) is 10.2 Å². The lowest BCUT2D eigenvalue weighted by Gasteiger charge is -2.24. The van der Waals surface area contributed by atoms with Crippen LogP contribution in [0.4, 0.5) is 9.52 Å². The number of carbonyl (C=O) groups is 2. The Morgan fingerprint density at radius 1 is 1.06 bits per heavy atom. The molecule has 33 heavy (non-hydrogen) atoms. The van der Waals surface area contributed by atoms with E-state index < -0.39 is 23.5 Å². The maximum Gasteiger partial charge on any atom is 0.301 e. The summed E-state index contributed by atoms with van der Waals surface area (Å²) < 4.78 is 13.4. The second kappa shape index (κ2) is 8.51. The average Bonchev–Trinajstić information content (AvgIpc) is 3.36. The number of hydrogen-bond donors (Lipinski definition) is 1. The Hall–Kier alpha value is -3.39. The van der Waals surface area contributed by atoms with Crippen LogP contribution in [-0.4, -0.2) is 27.0 Å². The zero-order valence-corrected chi connectivity index (χ0v) is 19.6. The third kappa shape index (κ3) is 4.18. The van der Waals surface area contributed by atoms with Crippen molar-refractivity contribution in [2.45, 2.75) is 45.6 Å². The molecule has 6 nitrogen and oxygen atoms in total. The first-order valence-electron chi connectivity index (χ1n) is 10.6. The third-order valence-corrected chi connectivity index (χ3v) is 6.69. The molecule has 0 bridgehead atoms. The molecule has 1 saturated heterocycles. The first-order chi connectivity index (χ1) is 15.6. The number of anilines is 1. The van der Waals surface area contributed by atoms with E-state index in [9.17, 15) is 19.1 Å². The molecular formula is C25H24FN3O3S. The van der Waals surface area contributed by atoms with E-state index in [1.165, 1.54) is 40.5 Å². The smallest absolute Gasteiger partial charge is 0.301 e. The van der Waals surface area contributed by atoms with Gasteiger partial charge in [-0.05, 0) is 47.2 Å². The van der Waals surface area contributed by atoms with Gasteiger partial charge in [-0.25, -0.2) is 4.39 Å². The Morgan fingerprint density at radius 2 is 1.70 bits per heavy atom. The van der Waals surface area contributed by atoms with Gasteiger partial charge in [-0.3, -0.25) is 14.5 Å². The summed E-state index contributed by atoms with van der Waals surface area (Å²) in [5.41, 5.74) is 1.84. The third-order valence-electron chi connectivity index (χ3n) is 5.62. The molecule has 3 aromatic rings. The van der Waals surface area contributed by atoms with Gasteiger partial charge in [0, 0.05) is 5.56 Å². The number of rotatable bonds is 4. The van der Waals surface area contributed by atoms with Crippen LogP contribution in [0.2, 0.25) is 0 Å². The Balaban J connectivity index is 1.90. The minimum Gasteiger partial charge on any atom is -0.507 e. The second-order valence-electron chi connectivity index (χ2n) is 8.88. The number of amides is 1. The summed E-state index contributed by atoms with van der Waals surface area (Å²) in [5.74, 6) is -2.44. The largest absolute Gasteiger partial charge is 0.507 e. The lowest BCUT2D eigenvalue weighted by molar-refractivity contribution is -0.132. The monoisotopic (exact) mass is 465 g/mol. The molecule has 1 unspecified atom stereocenters. The maximum absolute atomic E-state index is 13.4. The number of aliphatic hydroxyl groups excluding tert-OH is 1. The summed E-state index contributed by atoms with van der Waals surface area (Å²) in [5, 5.41) is 20.3. The van der Waals surface area contributed by atoms with Gasteiger partial charge in [0.2, 0.25) is 5.13 Å². The lowest BCUT2D eigenvalue weighted by Crippen LogP contribution is -2.29. The van der Waals surface area contributed by atoms with Gasteiger partial charge in [0.25, 0.3) is 5.78 Å². The molecule has 2 aromatic carbocycles. The molecule has 0 spiro atoms. The number of hydrogen-bond acceptors (Lipinski definition) is 6. The van der Waals surface area contributed by atoms with Gasteiger partial charge < -0.3 is 5.11 Å². The van der Waals surface area contributed by atoms with Gasteiger partial charge in [-0.15, -0.1) is 10.2 Å². The normalized spacial score (nSPS) is 18.2. The average molecular weight is 466 g/mol. The zero-order valence-electron chi connectivity index (χ0n) is 18.8. The van der Waals surface area contributed by atoms with Gasteiger partial charge in [-0.1, -0.05) is 63.3 Å². The standard InChI is InChI=1S/C25H24FN3O3S/c1-5-18-27-28-24(33-18)29-20(14-6-10-16(11-7-14)25(2,3)4)19(22(31)23(29)32)21(30)15-8-12-17(26)13-9-15/h6-13,20,30H,5H2,1-4H3/b21-19+. The molecular weight excluding hydrogens is 441 g/mol.